The Hall–Kier alpha value is -2.67. The van der Waals surface area contributed by atoms with Gasteiger partial charge in [-0.15, -0.1) is 0 Å². The van der Waals surface area contributed by atoms with Crippen molar-refractivity contribution in [3.05, 3.63) is 53.1 Å². The molecule has 0 aromatic heterocycles. The van der Waals surface area contributed by atoms with Crippen molar-refractivity contribution in [2.45, 2.75) is 58.5 Å². The van der Waals surface area contributed by atoms with E-state index in [9.17, 15) is 14.3 Å². The Morgan fingerprint density at radius 3 is 2.51 bits per heavy atom. The molecule has 3 fully saturated rings. The number of carboxylic acid groups (broad SMARTS) is 1. The molecule has 0 unspecified atom stereocenters. The molecular weight excluding hydrogens is 450 g/mol. The van der Waals surface area contributed by atoms with Crippen LogP contribution in [-0.2, 0) is 6.42 Å². The lowest BCUT2D eigenvalue weighted by molar-refractivity contribution is -0.0267. The van der Waals surface area contributed by atoms with Gasteiger partial charge in [-0.3, -0.25) is 4.90 Å². The topological polar surface area (TPSA) is 53.0 Å². The lowest BCUT2D eigenvalue weighted by atomic mass is 9.79. The summed E-state index contributed by atoms with van der Waals surface area (Å²) in [6, 6.07) is 7.28. The van der Waals surface area contributed by atoms with Gasteiger partial charge in [0.15, 0.2) is 11.6 Å². The number of ether oxygens (including phenoxy) is 1. The minimum atomic E-state index is -0.941. The first-order valence-corrected chi connectivity index (χ1v) is 12.7. The second kappa shape index (κ2) is 9.08. The van der Waals surface area contributed by atoms with Gasteiger partial charge in [-0.25, -0.2) is 13.6 Å². The van der Waals surface area contributed by atoms with Gasteiger partial charge < -0.3 is 14.7 Å². The molecule has 2 bridgehead atoms. The Morgan fingerprint density at radius 1 is 1.17 bits per heavy atom. The highest BCUT2D eigenvalue weighted by molar-refractivity contribution is 5.70. The molecule has 0 spiro atoms. The molecule has 4 aliphatic rings. The van der Waals surface area contributed by atoms with Crippen molar-refractivity contribution in [2.75, 3.05) is 26.2 Å². The van der Waals surface area contributed by atoms with Crippen LogP contribution in [0.3, 0.4) is 0 Å². The van der Waals surface area contributed by atoms with Gasteiger partial charge in [0.1, 0.15) is 5.82 Å². The molecule has 6 rings (SSSR count). The van der Waals surface area contributed by atoms with Crippen LogP contribution in [0.5, 0.6) is 5.75 Å². The van der Waals surface area contributed by atoms with Crippen LogP contribution in [0.4, 0.5) is 13.6 Å². The van der Waals surface area contributed by atoms with Crippen molar-refractivity contribution < 1.29 is 23.4 Å². The predicted molar refractivity (Wildman–Crippen MR) is 131 cm³/mol. The molecule has 1 N–H and O–H groups in total. The fraction of sp³-hybridized carbons (Fsp3) is 0.536. The average molecular weight is 485 g/mol. The van der Waals surface area contributed by atoms with Gasteiger partial charge in [0.2, 0.25) is 0 Å². The van der Waals surface area contributed by atoms with Gasteiger partial charge in [-0.1, -0.05) is 26.8 Å². The van der Waals surface area contributed by atoms with E-state index in [2.05, 4.69) is 18.7 Å². The summed E-state index contributed by atoms with van der Waals surface area (Å²) in [5, 5.41) is 10.4. The van der Waals surface area contributed by atoms with E-state index in [0.717, 1.165) is 50.0 Å². The second-order valence-electron chi connectivity index (χ2n) is 11.0. The Bertz CT molecular complexity index is 1130. The number of piperidine rings is 3. The molecule has 5 nitrogen and oxygen atoms in total. The molecule has 0 saturated carbocycles. The van der Waals surface area contributed by atoms with Crippen LogP contribution in [0.25, 0.3) is 11.1 Å². The lowest BCUT2D eigenvalue weighted by Crippen LogP contribution is -2.60. The van der Waals surface area contributed by atoms with Crippen LogP contribution in [0.2, 0.25) is 0 Å². The Balaban J connectivity index is 1.51. The standard InChI is InChI=1S/C28H34F2N2O3/c1-4-11-35-25-6-5-18(13-23(25)30)20-12-19-15-28(2,3)26(21(19)14-22(20)29)32(27(33)34)24-16-31-9-7-17(24)8-10-31/h5-6,12-14,17,24,26H,4,7-11,15-16H2,1-3H3,(H,33,34)/t24-,26+/m1/s1. The fourth-order valence-electron chi connectivity index (χ4n) is 6.49. The van der Waals surface area contributed by atoms with Crippen molar-refractivity contribution in [1.82, 2.24) is 9.80 Å². The highest BCUT2D eigenvalue weighted by atomic mass is 19.1. The summed E-state index contributed by atoms with van der Waals surface area (Å²) in [5.74, 6) is -0.481. The summed E-state index contributed by atoms with van der Waals surface area (Å²) in [6.07, 6.45) is 2.47. The van der Waals surface area contributed by atoms with Crippen molar-refractivity contribution in [1.29, 1.82) is 0 Å². The number of nitrogens with zero attached hydrogens (tertiary/aromatic N) is 2. The smallest absolute Gasteiger partial charge is 0.408 e. The molecule has 3 saturated heterocycles. The highest BCUT2D eigenvalue weighted by Crippen LogP contribution is 2.52. The minimum Gasteiger partial charge on any atom is -0.491 e. The molecule has 188 valence electrons. The summed E-state index contributed by atoms with van der Waals surface area (Å²) < 4.78 is 35.5. The fourth-order valence-corrected chi connectivity index (χ4v) is 6.49. The highest BCUT2D eigenvalue weighted by Gasteiger charge is 2.50. The van der Waals surface area contributed by atoms with Crippen molar-refractivity contribution in [3.63, 3.8) is 0 Å². The summed E-state index contributed by atoms with van der Waals surface area (Å²) in [4.78, 5) is 16.6. The van der Waals surface area contributed by atoms with E-state index in [0.29, 0.717) is 30.1 Å². The molecule has 7 heteroatoms. The molecule has 2 aromatic carbocycles. The second-order valence-corrected chi connectivity index (χ2v) is 11.0. The Labute approximate surface area is 205 Å². The van der Waals surface area contributed by atoms with E-state index in [1.54, 1.807) is 23.1 Å². The van der Waals surface area contributed by atoms with Crippen LogP contribution < -0.4 is 4.74 Å². The third-order valence-electron chi connectivity index (χ3n) is 8.09. The third-order valence-corrected chi connectivity index (χ3v) is 8.09. The van der Waals surface area contributed by atoms with E-state index in [4.69, 9.17) is 4.74 Å². The number of hydrogen-bond acceptors (Lipinski definition) is 3. The van der Waals surface area contributed by atoms with E-state index in [1.165, 1.54) is 12.1 Å². The zero-order chi connectivity index (χ0) is 24.9. The van der Waals surface area contributed by atoms with Gasteiger partial charge in [0, 0.05) is 12.1 Å². The zero-order valence-electron chi connectivity index (χ0n) is 20.7. The molecule has 35 heavy (non-hydrogen) atoms. The number of benzene rings is 2. The molecule has 2 aromatic rings. The number of fused-ring (bicyclic) bond motifs is 4. The molecule has 2 atom stereocenters. The minimum absolute atomic E-state index is 0.0854. The molecule has 0 radical (unpaired) electrons. The van der Waals surface area contributed by atoms with Gasteiger partial charge in [-0.2, -0.15) is 0 Å². The van der Waals surface area contributed by atoms with Gasteiger partial charge in [-0.05, 0) is 91.1 Å². The normalized spacial score (nSPS) is 26.4. The lowest BCUT2D eigenvalue weighted by Gasteiger charge is -2.51. The van der Waals surface area contributed by atoms with Crippen LogP contribution in [0.1, 0.15) is 57.2 Å². The molecule has 3 aliphatic heterocycles. The first-order valence-electron chi connectivity index (χ1n) is 12.7. The van der Waals surface area contributed by atoms with E-state index in [-0.39, 0.29) is 17.2 Å². The van der Waals surface area contributed by atoms with Crippen molar-refractivity contribution in [2.24, 2.45) is 11.3 Å². The third kappa shape index (κ3) is 4.28. The Kier molecular flexibility index (Phi) is 6.24. The summed E-state index contributed by atoms with van der Waals surface area (Å²) >= 11 is 0. The number of carbonyl (C=O) groups is 1. The maximum atomic E-state index is 15.5. The number of amides is 1. The number of rotatable bonds is 6. The van der Waals surface area contributed by atoms with Crippen molar-refractivity contribution in [3.8, 4) is 16.9 Å². The van der Waals surface area contributed by atoms with Crippen LogP contribution in [0, 0.1) is 23.0 Å². The van der Waals surface area contributed by atoms with Gasteiger partial charge in [0.05, 0.1) is 18.7 Å². The summed E-state index contributed by atoms with van der Waals surface area (Å²) in [5.41, 5.74) is 2.04. The average Bonchev–Trinajstić information content (AvgIpc) is 3.07. The summed E-state index contributed by atoms with van der Waals surface area (Å²) in [6.45, 7) is 9.28. The maximum Gasteiger partial charge on any atom is 0.408 e. The molecule has 1 amide bonds. The van der Waals surface area contributed by atoms with Gasteiger partial charge in [0.25, 0.3) is 0 Å². The predicted octanol–water partition coefficient (Wildman–Crippen LogP) is 6.12. The molecular formula is C28H34F2N2O3. The zero-order valence-corrected chi connectivity index (χ0v) is 20.7. The molecule has 3 heterocycles. The first kappa shape index (κ1) is 24.0. The van der Waals surface area contributed by atoms with Gasteiger partial charge >= 0.3 is 6.09 Å². The maximum absolute atomic E-state index is 15.5. The Morgan fingerprint density at radius 2 is 1.91 bits per heavy atom. The largest absolute Gasteiger partial charge is 0.491 e. The quantitative estimate of drug-likeness (QED) is 0.537. The van der Waals surface area contributed by atoms with E-state index in [1.807, 2.05) is 6.92 Å². The summed E-state index contributed by atoms with van der Waals surface area (Å²) in [7, 11) is 0. The van der Waals surface area contributed by atoms with E-state index >= 15 is 4.39 Å². The van der Waals surface area contributed by atoms with Crippen molar-refractivity contribution >= 4 is 6.09 Å². The van der Waals surface area contributed by atoms with Crippen LogP contribution in [-0.4, -0.2) is 53.3 Å². The first-order chi connectivity index (χ1) is 16.7. The monoisotopic (exact) mass is 484 g/mol. The SMILES string of the molecule is CCCOc1ccc(-c2cc3c(cc2F)[C@H](N(C(=O)O)[C@@H]2CN4CCC2CC4)C(C)(C)C3)cc1F. The molecule has 1 aliphatic carbocycles. The number of halogens is 2. The van der Waals surface area contributed by atoms with E-state index < -0.39 is 23.8 Å². The number of hydrogen-bond donors (Lipinski definition) is 1. The van der Waals surface area contributed by atoms with Crippen LogP contribution >= 0.6 is 0 Å². The van der Waals surface area contributed by atoms with Crippen LogP contribution in [0.15, 0.2) is 30.3 Å².